The molecule has 1 saturated heterocycles. The molecule has 6 nitrogen and oxygen atoms in total. The first-order valence-electron chi connectivity index (χ1n) is 8.02. The summed E-state index contributed by atoms with van der Waals surface area (Å²) in [4.78, 5) is 37.7. The van der Waals surface area contributed by atoms with E-state index in [1.54, 1.807) is 42.5 Å². The Kier molecular flexibility index (Phi) is 7.05. The van der Waals surface area contributed by atoms with Crippen molar-refractivity contribution >= 4 is 84.1 Å². The number of hydrogen-bond acceptors (Lipinski definition) is 6. The monoisotopic (exact) mass is 559 g/mol. The van der Waals surface area contributed by atoms with Gasteiger partial charge in [0.2, 0.25) is 0 Å². The summed E-state index contributed by atoms with van der Waals surface area (Å²) in [5, 5.41) is 0.125. The van der Waals surface area contributed by atoms with Crippen LogP contribution in [0.25, 0.3) is 6.08 Å². The van der Waals surface area contributed by atoms with E-state index in [1.165, 1.54) is 7.11 Å². The lowest BCUT2D eigenvalue weighted by molar-refractivity contribution is -0.142. The van der Waals surface area contributed by atoms with Crippen molar-refractivity contribution in [2.24, 2.45) is 0 Å². The van der Waals surface area contributed by atoms with Gasteiger partial charge >= 0.3 is 5.97 Å². The van der Waals surface area contributed by atoms with Crippen molar-refractivity contribution in [1.82, 2.24) is 0 Å². The van der Waals surface area contributed by atoms with Crippen LogP contribution in [0.5, 0.6) is 5.75 Å². The van der Waals surface area contributed by atoms with E-state index in [0.29, 0.717) is 31.0 Å². The fourth-order valence-corrected chi connectivity index (χ4v) is 4.84. The molecular weight excluding hydrogens is 550 g/mol. The number of hydrogen-bond donors (Lipinski definition) is 0. The van der Waals surface area contributed by atoms with Crippen LogP contribution >= 0.6 is 55.2 Å². The molecule has 2 aromatic rings. The summed E-state index contributed by atoms with van der Waals surface area (Å²) in [5.41, 5.74) is 1.12. The molecule has 29 heavy (non-hydrogen) atoms. The lowest BCUT2D eigenvalue weighted by atomic mass is 10.2. The van der Waals surface area contributed by atoms with Crippen molar-refractivity contribution in [2.75, 3.05) is 18.6 Å². The first-order chi connectivity index (χ1) is 13.8. The van der Waals surface area contributed by atoms with Crippen LogP contribution in [0.3, 0.4) is 0 Å². The van der Waals surface area contributed by atoms with Crippen molar-refractivity contribution in [1.29, 1.82) is 0 Å². The fourth-order valence-electron chi connectivity index (χ4n) is 2.42. The number of benzene rings is 2. The third kappa shape index (κ3) is 5.03. The van der Waals surface area contributed by atoms with E-state index in [2.05, 4.69) is 36.6 Å². The first kappa shape index (κ1) is 21.9. The minimum atomic E-state index is -0.510. The van der Waals surface area contributed by atoms with Gasteiger partial charge in [-0.3, -0.25) is 9.59 Å². The molecule has 0 aromatic heterocycles. The number of esters is 1. The largest absolute Gasteiger partial charge is 0.480 e. The molecule has 3 rings (SSSR count). The number of ether oxygens (including phenoxy) is 2. The van der Waals surface area contributed by atoms with E-state index >= 15 is 0 Å². The van der Waals surface area contributed by atoms with Crippen molar-refractivity contribution in [3.63, 3.8) is 0 Å². The van der Waals surface area contributed by atoms with Crippen molar-refractivity contribution in [2.45, 2.75) is 0 Å². The Labute approximate surface area is 192 Å². The molecule has 0 atom stereocenters. The maximum atomic E-state index is 12.7. The standard InChI is InChI=1S/C19H12Br2ClNO5S/c1-27-16(24)9-28-17-13(20)6-10(7-14(17)21)8-15-18(25)23(19(26)29-15)12-4-2-11(22)3-5-12/h2-8H,9H2,1H3/b15-8+. The second-order valence-corrected chi connectivity index (χ2v) is 8.81. The predicted octanol–water partition coefficient (Wildman–Crippen LogP) is 5.66. The minimum Gasteiger partial charge on any atom is -0.480 e. The number of carbonyl (C=O) groups excluding carboxylic acids is 3. The molecule has 0 spiro atoms. The van der Waals surface area contributed by atoms with Crippen LogP contribution < -0.4 is 9.64 Å². The highest BCUT2D eigenvalue weighted by atomic mass is 79.9. The molecule has 1 aliphatic rings. The molecule has 0 N–H and O–H groups in total. The number of methoxy groups -OCH3 is 1. The van der Waals surface area contributed by atoms with Gasteiger partial charge < -0.3 is 9.47 Å². The summed E-state index contributed by atoms with van der Waals surface area (Å²) in [6.07, 6.45) is 1.61. The minimum absolute atomic E-state index is 0.243. The molecule has 2 aromatic carbocycles. The molecule has 1 heterocycles. The summed E-state index contributed by atoms with van der Waals surface area (Å²) < 4.78 is 11.1. The Balaban J connectivity index is 1.84. The molecule has 0 aliphatic carbocycles. The SMILES string of the molecule is COC(=O)COc1c(Br)cc(/C=C2/SC(=O)N(c3ccc(Cl)cc3)C2=O)cc1Br. The lowest BCUT2D eigenvalue weighted by Gasteiger charge is -2.12. The average Bonchev–Trinajstić information content (AvgIpc) is 2.95. The van der Waals surface area contributed by atoms with E-state index in [1.807, 2.05) is 0 Å². The maximum absolute atomic E-state index is 12.7. The van der Waals surface area contributed by atoms with Crippen molar-refractivity contribution < 1.29 is 23.9 Å². The third-order valence-corrected chi connectivity index (χ3v) is 6.06. The molecule has 0 unspecified atom stereocenters. The zero-order valence-corrected chi connectivity index (χ0v) is 19.5. The van der Waals surface area contributed by atoms with Gasteiger partial charge in [-0.2, -0.15) is 0 Å². The summed E-state index contributed by atoms with van der Waals surface area (Å²) in [5.74, 6) is -0.508. The number of imide groups is 1. The van der Waals surface area contributed by atoms with Gasteiger partial charge in [0.15, 0.2) is 6.61 Å². The summed E-state index contributed by atoms with van der Waals surface area (Å²) in [7, 11) is 1.27. The second-order valence-electron chi connectivity index (χ2n) is 5.67. The molecular formula is C19H12Br2ClNO5S. The molecule has 150 valence electrons. The predicted molar refractivity (Wildman–Crippen MR) is 119 cm³/mol. The van der Waals surface area contributed by atoms with Gasteiger partial charge in [-0.15, -0.1) is 0 Å². The second kappa shape index (κ2) is 9.34. The molecule has 10 heteroatoms. The van der Waals surface area contributed by atoms with E-state index in [0.717, 1.165) is 16.7 Å². The topological polar surface area (TPSA) is 72.9 Å². The maximum Gasteiger partial charge on any atom is 0.343 e. The van der Waals surface area contributed by atoms with Gasteiger partial charge in [0.25, 0.3) is 11.1 Å². The van der Waals surface area contributed by atoms with Crippen LogP contribution in [0.1, 0.15) is 5.56 Å². The van der Waals surface area contributed by atoms with Gasteiger partial charge in [-0.1, -0.05) is 11.6 Å². The van der Waals surface area contributed by atoms with Gasteiger partial charge in [-0.05, 0) is 91.7 Å². The Hall–Kier alpha value is -1.81. The zero-order valence-electron chi connectivity index (χ0n) is 14.8. The highest BCUT2D eigenvalue weighted by Crippen LogP contribution is 2.39. The summed E-state index contributed by atoms with van der Waals surface area (Å²) >= 11 is 13.5. The smallest absolute Gasteiger partial charge is 0.343 e. The van der Waals surface area contributed by atoms with Crippen LogP contribution in [0, 0.1) is 0 Å². The number of halogens is 3. The van der Waals surface area contributed by atoms with Gasteiger partial charge in [0, 0.05) is 5.02 Å². The highest BCUT2D eigenvalue weighted by Gasteiger charge is 2.36. The van der Waals surface area contributed by atoms with E-state index < -0.39 is 11.9 Å². The Bertz CT molecular complexity index is 1000. The Morgan fingerprint density at radius 3 is 2.38 bits per heavy atom. The molecule has 0 bridgehead atoms. The fraction of sp³-hybridized carbons (Fsp3) is 0.105. The normalized spacial score (nSPS) is 15.2. The number of amides is 2. The number of carbonyl (C=O) groups is 3. The van der Waals surface area contributed by atoms with E-state index in [4.69, 9.17) is 16.3 Å². The van der Waals surface area contributed by atoms with Crippen LogP contribution in [-0.2, 0) is 14.3 Å². The van der Waals surface area contributed by atoms with Crippen molar-refractivity contribution in [3.05, 3.63) is 60.8 Å². The van der Waals surface area contributed by atoms with E-state index in [9.17, 15) is 14.4 Å². The van der Waals surface area contributed by atoms with Crippen LogP contribution in [0.15, 0.2) is 50.2 Å². The van der Waals surface area contributed by atoms with Crippen LogP contribution in [0.4, 0.5) is 10.5 Å². The van der Waals surface area contributed by atoms with E-state index in [-0.39, 0.29) is 16.8 Å². The molecule has 1 fully saturated rings. The third-order valence-electron chi connectivity index (χ3n) is 3.76. The highest BCUT2D eigenvalue weighted by molar-refractivity contribution is 9.11. The van der Waals surface area contributed by atoms with Crippen molar-refractivity contribution in [3.8, 4) is 5.75 Å². The van der Waals surface area contributed by atoms with Crippen LogP contribution in [-0.4, -0.2) is 30.8 Å². The quantitative estimate of drug-likeness (QED) is 0.347. The molecule has 0 saturated carbocycles. The zero-order chi connectivity index (χ0) is 21.1. The Morgan fingerprint density at radius 1 is 1.17 bits per heavy atom. The number of nitrogens with zero attached hydrogens (tertiary/aromatic N) is 1. The lowest BCUT2D eigenvalue weighted by Crippen LogP contribution is -2.27. The van der Waals surface area contributed by atoms with Gasteiger partial charge in [0.05, 0.1) is 26.6 Å². The molecule has 0 radical (unpaired) electrons. The summed E-state index contributed by atoms with van der Waals surface area (Å²) in [6.45, 7) is -0.243. The average molecular weight is 562 g/mol. The number of anilines is 1. The van der Waals surface area contributed by atoms with Crippen LogP contribution in [0.2, 0.25) is 5.02 Å². The first-order valence-corrected chi connectivity index (χ1v) is 10.8. The van der Waals surface area contributed by atoms with Gasteiger partial charge in [0.1, 0.15) is 5.75 Å². The number of rotatable bonds is 5. The molecule has 2 amide bonds. The summed E-state index contributed by atoms with van der Waals surface area (Å²) in [6, 6.07) is 9.89. The Morgan fingerprint density at radius 2 is 1.79 bits per heavy atom. The van der Waals surface area contributed by atoms with Gasteiger partial charge in [-0.25, -0.2) is 9.69 Å². The number of thioether (sulfide) groups is 1. The molecule has 1 aliphatic heterocycles.